The number of Topliss-reactive ketones (excluding diaryl/α,β-unsaturated/α-hetero) is 1. The first kappa shape index (κ1) is 20.9. The fraction of sp³-hybridized carbons (Fsp3) is 0.963. The minimum absolute atomic E-state index is 0.0312. The van der Waals surface area contributed by atoms with Crippen LogP contribution >= 0.6 is 0 Å². The molecular weight excluding hydrogens is 340 g/mol. The average molecular weight is 387 g/mol. The second kappa shape index (κ2) is 7.73. The van der Waals surface area contributed by atoms with E-state index in [9.17, 15) is 4.79 Å². The fourth-order valence-corrected chi connectivity index (χ4v) is 9.11. The first-order valence-electron chi connectivity index (χ1n) is 12.8. The van der Waals surface area contributed by atoms with Gasteiger partial charge in [0.25, 0.3) is 0 Å². The number of fused-ring (bicyclic) bond motifs is 5. The first-order valence-corrected chi connectivity index (χ1v) is 12.8. The number of rotatable bonds is 5. The van der Waals surface area contributed by atoms with Gasteiger partial charge in [-0.1, -0.05) is 53.9 Å². The van der Waals surface area contributed by atoms with Gasteiger partial charge in [0.1, 0.15) is 5.78 Å². The van der Waals surface area contributed by atoms with Gasteiger partial charge in [0.2, 0.25) is 0 Å². The van der Waals surface area contributed by atoms with Crippen LogP contribution in [0.1, 0.15) is 112 Å². The van der Waals surface area contributed by atoms with Crippen molar-refractivity contribution < 1.29 is 4.79 Å². The van der Waals surface area contributed by atoms with E-state index in [0.29, 0.717) is 23.0 Å². The molecule has 0 aromatic carbocycles. The van der Waals surface area contributed by atoms with Crippen LogP contribution < -0.4 is 0 Å². The molecule has 28 heavy (non-hydrogen) atoms. The van der Waals surface area contributed by atoms with Crippen LogP contribution in [-0.4, -0.2) is 5.78 Å². The molecule has 0 aromatic rings. The Balaban J connectivity index is 1.49. The van der Waals surface area contributed by atoms with Gasteiger partial charge in [-0.2, -0.15) is 0 Å². The van der Waals surface area contributed by atoms with Crippen molar-refractivity contribution in [1.29, 1.82) is 0 Å². The van der Waals surface area contributed by atoms with Crippen molar-refractivity contribution in [1.82, 2.24) is 0 Å². The zero-order chi connectivity index (χ0) is 20.1. The largest absolute Gasteiger partial charge is 0.299 e. The molecule has 0 amide bonds. The molecular formula is C27H46O. The maximum absolute atomic E-state index is 13.1. The maximum Gasteiger partial charge on any atom is 0.139 e. The summed E-state index contributed by atoms with van der Waals surface area (Å²) in [6.07, 6.45) is 16.0. The minimum Gasteiger partial charge on any atom is -0.299 e. The highest BCUT2D eigenvalue weighted by atomic mass is 16.1. The van der Waals surface area contributed by atoms with Gasteiger partial charge in [0.05, 0.1) is 0 Å². The van der Waals surface area contributed by atoms with E-state index in [-0.39, 0.29) is 5.41 Å². The standard InChI is InChI=1S/C27H46O/c1-18(2)8-6-9-19(3)22-14-15-23-21-13-12-20-10-7-11-25(28)27(20,5)24(21)16-17-26(22,23)4/h18-24H,6-17H2,1-5H3/t19-,20?,21+,22-,23+,24+,26-,27+/m1/s1. The van der Waals surface area contributed by atoms with Crippen LogP contribution in [0.15, 0.2) is 0 Å². The molecule has 1 unspecified atom stereocenters. The van der Waals surface area contributed by atoms with Crippen LogP contribution in [0.5, 0.6) is 0 Å². The van der Waals surface area contributed by atoms with Crippen molar-refractivity contribution in [3.8, 4) is 0 Å². The van der Waals surface area contributed by atoms with Crippen molar-refractivity contribution in [2.24, 2.45) is 52.3 Å². The third kappa shape index (κ3) is 3.22. The van der Waals surface area contributed by atoms with Gasteiger partial charge in [-0.15, -0.1) is 0 Å². The Labute approximate surface area is 174 Å². The minimum atomic E-state index is 0.0312. The lowest BCUT2D eigenvalue weighted by atomic mass is 9.44. The second-order valence-electron chi connectivity index (χ2n) is 12.3. The van der Waals surface area contributed by atoms with E-state index in [1.165, 1.54) is 64.2 Å². The predicted molar refractivity (Wildman–Crippen MR) is 118 cm³/mol. The monoisotopic (exact) mass is 386 g/mol. The summed E-state index contributed by atoms with van der Waals surface area (Å²) in [5, 5.41) is 0. The Morgan fingerprint density at radius 3 is 2.46 bits per heavy atom. The van der Waals surface area contributed by atoms with E-state index in [2.05, 4.69) is 34.6 Å². The van der Waals surface area contributed by atoms with E-state index in [4.69, 9.17) is 0 Å². The molecule has 0 N–H and O–H groups in total. The zero-order valence-corrected chi connectivity index (χ0v) is 19.4. The van der Waals surface area contributed by atoms with E-state index in [0.717, 1.165) is 42.4 Å². The number of carbonyl (C=O) groups is 1. The molecule has 0 spiro atoms. The molecule has 0 aromatic heterocycles. The van der Waals surface area contributed by atoms with Gasteiger partial charge in [-0.25, -0.2) is 0 Å². The lowest BCUT2D eigenvalue weighted by molar-refractivity contribution is -0.156. The molecule has 0 bridgehead atoms. The Hall–Kier alpha value is -0.330. The third-order valence-corrected chi connectivity index (χ3v) is 10.7. The number of hydrogen-bond acceptors (Lipinski definition) is 1. The normalized spacial score (nSPS) is 46.8. The van der Waals surface area contributed by atoms with Crippen molar-refractivity contribution in [2.45, 2.75) is 112 Å². The Kier molecular flexibility index (Phi) is 5.78. The van der Waals surface area contributed by atoms with Gasteiger partial charge in [-0.05, 0) is 98.2 Å². The summed E-state index contributed by atoms with van der Waals surface area (Å²) in [5.41, 5.74) is 0.586. The molecule has 1 heteroatoms. The van der Waals surface area contributed by atoms with Crippen molar-refractivity contribution in [2.75, 3.05) is 0 Å². The molecule has 4 aliphatic rings. The molecule has 0 saturated heterocycles. The Morgan fingerprint density at radius 1 is 0.929 bits per heavy atom. The molecule has 4 aliphatic carbocycles. The quantitative estimate of drug-likeness (QED) is 0.473. The highest BCUT2D eigenvalue weighted by Gasteiger charge is 2.62. The highest BCUT2D eigenvalue weighted by Crippen LogP contribution is 2.67. The number of ketones is 1. The van der Waals surface area contributed by atoms with Crippen molar-refractivity contribution in [3.05, 3.63) is 0 Å². The van der Waals surface area contributed by atoms with Gasteiger partial charge in [-0.3, -0.25) is 4.79 Å². The summed E-state index contributed by atoms with van der Waals surface area (Å²) in [7, 11) is 0. The van der Waals surface area contributed by atoms with E-state index < -0.39 is 0 Å². The van der Waals surface area contributed by atoms with Crippen molar-refractivity contribution in [3.63, 3.8) is 0 Å². The molecule has 4 saturated carbocycles. The second-order valence-corrected chi connectivity index (χ2v) is 12.3. The molecule has 0 radical (unpaired) electrons. The Bertz CT molecular complexity index is 579. The van der Waals surface area contributed by atoms with Crippen LogP contribution in [0.2, 0.25) is 0 Å². The van der Waals surface area contributed by atoms with Crippen LogP contribution in [0.4, 0.5) is 0 Å². The number of hydrogen-bond donors (Lipinski definition) is 0. The summed E-state index contributed by atoms with van der Waals surface area (Å²) >= 11 is 0. The SMILES string of the molecule is CC(C)CCC[C@@H](C)[C@H]1CC[C@H]2[C@@H]3CCC4CCCC(=O)[C@]4(C)[C@H]3CC[C@]12C. The first-order chi connectivity index (χ1) is 13.3. The van der Waals surface area contributed by atoms with Gasteiger partial charge in [0, 0.05) is 11.8 Å². The lowest BCUT2D eigenvalue weighted by Gasteiger charge is -2.60. The van der Waals surface area contributed by atoms with Gasteiger partial charge in [0.15, 0.2) is 0 Å². The van der Waals surface area contributed by atoms with Crippen LogP contribution in [0.25, 0.3) is 0 Å². The van der Waals surface area contributed by atoms with E-state index >= 15 is 0 Å². The van der Waals surface area contributed by atoms with Crippen LogP contribution in [0.3, 0.4) is 0 Å². The molecule has 160 valence electrons. The summed E-state index contributed by atoms with van der Waals surface area (Å²) in [6, 6.07) is 0. The highest BCUT2D eigenvalue weighted by molar-refractivity contribution is 5.86. The molecule has 8 atom stereocenters. The van der Waals surface area contributed by atoms with Crippen LogP contribution in [0, 0.1) is 52.3 Å². The summed E-state index contributed by atoms with van der Waals surface area (Å²) in [6.45, 7) is 12.4. The molecule has 4 fully saturated rings. The topological polar surface area (TPSA) is 17.1 Å². The molecule has 1 nitrogen and oxygen atoms in total. The fourth-order valence-electron chi connectivity index (χ4n) is 9.11. The lowest BCUT2D eigenvalue weighted by Crippen LogP contribution is -2.56. The van der Waals surface area contributed by atoms with Gasteiger partial charge < -0.3 is 0 Å². The van der Waals surface area contributed by atoms with Crippen molar-refractivity contribution >= 4 is 5.78 Å². The summed E-state index contributed by atoms with van der Waals surface area (Å²) < 4.78 is 0. The molecule has 4 rings (SSSR count). The maximum atomic E-state index is 13.1. The van der Waals surface area contributed by atoms with E-state index in [1.54, 1.807) is 0 Å². The molecule has 0 aliphatic heterocycles. The van der Waals surface area contributed by atoms with E-state index in [1.807, 2.05) is 0 Å². The Morgan fingerprint density at radius 2 is 1.71 bits per heavy atom. The summed E-state index contributed by atoms with van der Waals surface area (Å²) in [4.78, 5) is 13.1. The van der Waals surface area contributed by atoms with Gasteiger partial charge >= 0.3 is 0 Å². The smallest absolute Gasteiger partial charge is 0.139 e. The summed E-state index contributed by atoms with van der Waals surface area (Å²) in [5.74, 6) is 6.44. The third-order valence-electron chi connectivity index (χ3n) is 10.7. The zero-order valence-electron chi connectivity index (χ0n) is 19.4. The number of carbonyl (C=O) groups excluding carboxylic acids is 1. The van der Waals surface area contributed by atoms with Crippen LogP contribution in [-0.2, 0) is 4.79 Å². The molecule has 0 heterocycles. The predicted octanol–water partition coefficient (Wildman–Crippen LogP) is 7.68. The average Bonchev–Trinajstić information content (AvgIpc) is 3.00.